The van der Waals surface area contributed by atoms with Crippen LogP contribution >= 0.6 is 0 Å². The summed E-state index contributed by atoms with van der Waals surface area (Å²) in [7, 11) is 1.69. The maximum Gasteiger partial charge on any atom is 0.216 e. The Morgan fingerprint density at radius 1 is 1.38 bits per heavy atom. The summed E-state index contributed by atoms with van der Waals surface area (Å²) in [6.45, 7) is 5.37. The first-order valence-corrected chi connectivity index (χ1v) is 8.94. The van der Waals surface area contributed by atoms with Crippen molar-refractivity contribution in [2.45, 2.75) is 38.6 Å². The van der Waals surface area contributed by atoms with Crippen molar-refractivity contribution < 1.29 is 14.3 Å². The average Bonchev–Trinajstić information content (AvgIpc) is 2.61. The maximum absolute atomic E-state index is 10.9. The van der Waals surface area contributed by atoms with Crippen molar-refractivity contribution in [3.8, 4) is 11.5 Å². The van der Waals surface area contributed by atoms with Crippen molar-refractivity contribution in [3.05, 3.63) is 23.8 Å². The third kappa shape index (κ3) is 4.01. The fraction of sp³-hybridized carbons (Fsp3) is 0.632. The number of methoxy groups -OCH3 is 1. The molecule has 5 nitrogen and oxygen atoms in total. The summed E-state index contributed by atoms with van der Waals surface area (Å²) in [4.78, 5) is 13.5. The van der Waals surface area contributed by atoms with Crippen LogP contribution in [0.3, 0.4) is 0 Å². The van der Waals surface area contributed by atoms with E-state index in [2.05, 4.69) is 16.3 Å². The number of carbonyl (C=O) groups excluding carboxylic acids is 1. The minimum absolute atomic E-state index is 0.0703. The van der Waals surface area contributed by atoms with Crippen molar-refractivity contribution in [2.75, 3.05) is 33.4 Å². The highest BCUT2D eigenvalue weighted by Gasteiger charge is 2.30. The quantitative estimate of drug-likeness (QED) is 0.898. The first-order valence-electron chi connectivity index (χ1n) is 8.94. The molecule has 132 valence electrons. The topological polar surface area (TPSA) is 50.8 Å². The van der Waals surface area contributed by atoms with Crippen molar-refractivity contribution in [1.29, 1.82) is 0 Å². The number of nitrogens with zero attached hydrogens (tertiary/aromatic N) is 1. The van der Waals surface area contributed by atoms with Crippen molar-refractivity contribution in [2.24, 2.45) is 5.92 Å². The Labute approximate surface area is 144 Å². The number of nitrogens with one attached hydrogen (secondary N) is 1. The highest BCUT2D eigenvalue weighted by Crippen LogP contribution is 2.36. The van der Waals surface area contributed by atoms with Crippen LogP contribution in [0, 0.1) is 5.92 Å². The van der Waals surface area contributed by atoms with E-state index in [1.165, 1.54) is 18.4 Å². The van der Waals surface area contributed by atoms with Crippen LogP contribution in [0.15, 0.2) is 18.2 Å². The Kier molecular flexibility index (Phi) is 5.61. The minimum atomic E-state index is 0.0703. The van der Waals surface area contributed by atoms with Crippen LogP contribution in [0.2, 0.25) is 0 Å². The molecule has 1 atom stereocenters. The smallest absolute Gasteiger partial charge is 0.216 e. The zero-order valence-corrected chi connectivity index (χ0v) is 14.7. The molecule has 2 aliphatic heterocycles. The van der Waals surface area contributed by atoms with Crippen LogP contribution in [-0.4, -0.2) is 50.2 Å². The lowest BCUT2D eigenvalue weighted by molar-refractivity contribution is -0.119. The molecule has 0 aliphatic carbocycles. The number of benzene rings is 1. The Hall–Kier alpha value is -1.75. The summed E-state index contributed by atoms with van der Waals surface area (Å²) in [5.74, 6) is 2.55. The Bertz CT molecular complexity index is 568. The molecule has 1 saturated heterocycles. The van der Waals surface area contributed by atoms with Gasteiger partial charge in [0.2, 0.25) is 5.91 Å². The average molecular weight is 332 g/mol. The SMILES string of the molecule is COc1cccc2c1OCC(N1CCC(CCNC(C)=O)CC1)C2. The van der Waals surface area contributed by atoms with Crippen LogP contribution in [0.1, 0.15) is 31.7 Å². The van der Waals surface area contributed by atoms with E-state index in [4.69, 9.17) is 9.47 Å². The lowest BCUT2D eigenvalue weighted by atomic mass is 9.91. The Balaban J connectivity index is 1.50. The van der Waals surface area contributed by atoms with E-state index in [1.807, 2.05) is 12.1 Å². The molecule has 2 aliphatic rings. The molecular weight excluding hydrogens is 304 g/mol. The van der Waals surface area contributed by atoms with Gasteiger partial charge in [0.05, 0.1) is 7.11 Å². The number of para-hydroxylation sites is 1. The van der Waals surface area contributed by atoms with Gasteiger partial charge in [-0.15, -0.1) is 0 Å². The molecule has 1 unspecified atom stereocenters. The fourth-order valence-corrected chi connectivity index (χ4v) is 3.83. The number of carbonyl (C=O) groups is 1. The summed E-state index contributed by atoms with van der Waals surface area (Å²) >= 11 is 0. The number of hydrogen-bond acceptors (Lipinski definition) is 4. The second kappa shape index (κ2) is 7.88. The molecule has 1 N–H and O–H groups in total. The summed E-state index contributed by atoms with van der Waals surface area (Å²) in [6, 6.07) is 6.60. The minimum Gasteiger partial charge on any atom is -0.493 e. The van der Waals surface area contributed by atoms with Gasteiger partial charge in [-0.3, -0.25) is 9.69 Å². The van der Waals surface area contributed by atoms with Crippen LogP contribution in [-0.2, 0) is 11.2 Å². The van der Waals surface area contributed by atoms with Crippen molar-refractivity contribution in [1.82, 2.24) is 10.2 Å². The van der Waals surface area contributed by atoms with Crippen molar-refractivity contribution in [3.63, 3.8) is 0 Å². The maximum atomic E-state index is 10.9. The predicted molar refractivity (Wildman–Crippen MR) is 93.6 cm³/mol. The molecule has 0 spiro atoms. The number of hydrogen-bond donors (Lipinski definition) is 1. The highest BCUT2D eigenvalue weighted by molar-refractivity contribution is 5.72. The standard InChI is InChI=1S/C19H28N2O3/c1-14(22)20-9-6-15-7-10-21(11-8-15)17-12-16-4-3-5-18(23-2)19(16)24-13-17/h3-5,15,17H,6-13H2,1-2H3,(H,20,22). The van der Waals surface area contributed by atoms with Gasteiger partial charge >= 0.3 is 0 Å². The molecule has 1 amide bonds. The summed E-state index contributed by atoms with van der Waals surface area (Å²) < 4.78 is 11.4. The summed E-state index contributed by atoms with van der Waals surface area (Å²) in [6.07, 6.45) is 4.54. The van der Waals surface area contributed by atoms with Gasteiger partial charge in [0.15, 0.2) is 11.5 Å². The van der Waals surface area contributed by atoms with Crippen LogP contribution in [0.25, 0.3) is 0 Å². The lowest BCUT2D eigenvalue weighted by Crippen LogP contribution is -2.47. The van der Waals surface area contributed by atoms with Gasteiger partial charge in [-0.2, -0.15) is 0 Å². The molecule has 0 radical (unpaired) electrons. The zero-order valence-electron chi connectivity index (χ0n) is 14.7. The molecular formula is C19H28N2O3. The first-order chi connectivity index (χ1) is 11.7. The fourth-order valence-electron chi connectivity index (χ4n) is 3.83. The third-order valence-electron chi connectivity index (χ3n) is 5.25. The summed E-state index contributed by atoms with van der Waals surface area (Å²) in [5.41, 5.74) is 1.25. The predicted octanol–water partition coefficient (Wildman–Crippen LogP) is 2.24. The van der Waals surface area contributed by atoms with Gasteiger partial charge in [-0.05, 0) is 56.3 Å². The Morgan fingerprint density at radius 3 is 2.88 bits per heavy atom. The third-order valence-corrected chi connectivity index (χ3v) is 5.25. The number of amides is 1. The van der Waals surface area contributed by atoms with Gasteiger partial charge in [0.25, 0.3) is 0 Å². The largest absolute Gasteiger partial charge is 0.493 e. The molecule has 0 saturated carbocycles. The van der Waals surface area contributed by atoms with E-state index in [1.54, 1.807) is 14.0 Å². The molecule has 1 fully saturated rings. The number of rotatable bonds is 5. The van der Waals surface area contributed by atoms with Gasteiger partial charge in [0, 0.05) is 19.5 Å². The summed E-state index contributed by atoms with van der Waals surface area (Å²) in [5, 5.41) is 2.90. The number of ether oxygens (including phenoxy) is 2. The molecule has 24 heavy (non-hydrogen) atoms. The van der Waals surface area contributed by atoms with E-state index in [-0.39, 0.29) is 5.91 Å². The zero-order chi connectivity index (χ0) is 16.9. The van der Waals surface area contributed by atoms with E-state index >= 15 is 0 Å². The lowest BCUT2D eigenvalue weighted by Gasteiger charge is -2.39. The normalized spacial score (nSPS) is 21.7. The molecule has 2 heterocycles. The van der Waals surface area contributed by atoms with Crippen LogP contribution in [0.4, 0.5) is 0 Å². The number of piperidine rings is 1. The molecule has 5 heteroatoms. The van der Waals surface area contributed by atoms with Crippen LogP contribution < -0.4 is 14.8 Å². The van der Waals surface area contributed by atoms with Gasteiger partial charge in [-0.25, -0.2) is 0 Å². The second-order valence-electron chi connectivity index (χ2n) is 6.87. The second-order valence-corrected chi connectivity index (χ2v) is 6.87. The van der Waals surface area contributed by atoms with Crippen molar-refractivity contribution >= 4 is 5.91 Å². The van der Waals surface area contributed by atoms with Gasteiger partial charge in [-0.1, -0.05) is 12.1 Å². The number of likely N-dealkylation sites (tertiary alicyclic amines) is 1. The molecule has 1 aromatic rings. The van der Waals surface area contributed by atoms with Gasteiger partial charge in [0.1, 0.15) is 6.61 Å². The number of fused-ring (bicyclic) bond motifs is 1. The highest BCUT2D eigenvalue weighted by atomic mass is 16.5. The monoisotopic (exact) mass is 332 g/mol. The van der Waals surface area contributed by atoms with Crippen LogP contribution in [0.5, 0.6) is 11.5 Å². The molecule has 0 aromatic heterocycles. The van der Waals surface area contributed by atoms with E-state index in [9.17, 15) is 4.79 Å². The van der Waals surface area contributed by atoms with E-state index in [0.29, 0.717) is 6.04 Å². The van der Waals surface area contributed by atoms with Gasteiger partial charge < -0.3 is 14.8 Å². The molecule has 0 bridgehead atoms. The molecule has 1 aromatic carbocycles. The Morgan fingerprint density at radius 2 is 2.17 bits per heavy atom. The molecule has 3 rings (SSSR count). The van der Waals surface area contributed by atoms with E-state index < -0.39 is 0 Å². The first kappa shape index (κ1) is 17.1. The van der Waals surface area contributed by atoms with E-state index in [0.717, 1.165) is 56.5 Å².